The summed E-state index contributed by atoms with van der Waals surface area (Å²) < 4.78 is 5.96. The molecule has 6 heteroatoms. The number of thiophene rings is 1. The molecular weight excluding hydrogens is 308 g/mol. The van der Waals surface area contributed by atoms with Crippen LogP contribution in [0.3, 0.4) is 0 Å². The molecule has 0 aromatic carbocycles. The Balaban J connectivity index is 1.46. The fraction of sp³-hybridized carbons (Fsp3) is 0.529. The Labute approximate surface area is 140 Å². The minimum atomic E-state index is 0.200. The molecular formula is C17H22N4OS. The summed E-state index contributed by atoms with van der Waals surface area (Å²) in [6.45, 7) is 6.79. The van der Waals surface area contributed by atoms with Gasteiger partial charge in [-0.25, -0.2) is 9.97 Å². The van der Waals surface area contributed by atoms with Crippen molar-refractivity contribution in [2.75, 3.05) is 44.3 Å². The van der Waals surface area contributed by atoms with Crippen molar-refractivity contribution in [3.05, 3.63) is 40.8 Å². The predicted octanol–water partition coefficient (Wildman–Crippen LogP) is 2.27. The molecule has 0 aliphatic carbocycles. The second-order valence-electron chi connectivity index (χ2n) is 6.62. The largest absolute Gasteiger partial charge is 0.379 e. The van der Waals surface area contributed by atoms with E-state index in [1.54, 1.807) is 11.3 Å². The van der Waals surface area contributed by atoms with Gasteiger partial charge in [-0.3, -0.25) is 4.90 Å². The summed E-state index contributed by atoms with van der Waals surface area (Å²) >= 11 is 1.77. The zero-order valence-corrected chi connectivity index (χ0v) is 14.0. The zero-order valence-electron chi connectivity index (χ0n) is 13.2. The van der Waals surface area contributed by atoms with Crippen molar-refractivity contribution in [1.82, 2.24) is 14.9 Å². The Morgan fingerprint density at radius 3 is 2.96 bits per heavy atom. The van der Waals surface area contributed by atoms with E-state index in [1.165, 1.54) is 5.56 Å². The average molecular weight is 330 g/mol. The summed E-state index contributed by atoms with van der Waals surface area (Å²) in [5.41, 5.74) is 1.61. The van der Waals surface area contributed by atoms with E-state index in [-0.39, 0.29) is 5.41 Å². The number of hydrogen-bond donors (Lipinski definition) is 0. The van der Waals surface area contributed by atoms with Gasteiger partial charge < -0.3 is 9.64 Å². The highest BCUT2D eigenvalue weighted by Gasteiger charge is 2.41. The van der Waals surface area contributed by atoms with Crippen molar-refractivity contribution in [2.24, 2.45) is 5.41 Å². The first-order valence-electron chi connectivity index (χ1n) is 8.16. The second-order valence-corrected chi connectivity index (χ2v) is 7.40. The van der Waals surface area contributed by atoms with Crippen LogP contribution in [0, 0.1) is 5.41 Å². The molecule has 2 saturated heterocycles. The summed E-state index contributed by atoms with van der Waals surface area (Å²) in [5, 5.41) is 4.40. The molecule has 2 aliphatic heterocycles. The number of ether oxygens (including phenoxy) is 1. The molecule has 1 spiro atoms. The molecule has 2 aliphatic rings. The molecule has 4 rings (SSSR count). The standard InChI is InChI=1S/C17H22N4OS/c1-4-18-16(19-5-1)21-6-3-17(13-21)12-20(7-8-22-14-17)10-15-2-9-23-11-15/h1-2,4-5,9,11H,3,6-8,10,12-14H2/t17-/m1/s1. The van der Waals surface area contributed by atoms with Gasteiger partial charge in [0.1, 0.15) is 0 Å². The third-order valence-electron chi connectivity index (χ3n) is 4.78. The SMILES string of the molecule is c1cnc(N2CC[C@]3(COCCN(Cc4ccsc4)C3)C2)nc1. The molecule has 2 aromatic rings. The van der Waals surface area contributed by atoms with Crippen LogP contribution in [0.15, 0.2) is 35.3 Å². The van der Waals surface area contributed by atoms with Crippen molar-refractivity contribution in [2.45, 2.75) is 13.0 Å². The number of anilines is 1. The Morgan fingerprint density at radius 2 is 2.13 bits per heavy atom. The van der Waals surface area contributed by atoms with Crippen molar-refractivity contribution in [3.8, 4) is 0 Å². The first-order valence-corrected chi connectivity index (χ1v) is 9.11. The van der Waals surface area contributed by atoms with Crippen LogP contribution in [0.1, 0.15) is 12.0 Å². The summed E-state index contributed by atoms with van der Waals surface area (Å²) in [5.74, 6) is 0.845. The maximum atomic E-state index is 5.96. The van der Waals surface area contributed by atoms with Gasteiger partial charge in [0.2, 0.25) is 5.95 Å². The molecule has 1 atom stereocenters. The maximum Gasteiger partial charge on any atom is 0.225 e. The molecule has 0 amide bonds. The Kier molecular flexibility index (Phi) is 4.29. The van der Waals surface area contributed by atoms with Gasteiger partial charge in [0, 0.05) is 50.5 Å². The van der Waals surface area contributed by atoms with Crippen LogP contribution in [0.5, 0.6) is 0 Å². The monoisotopic (exact) mass is 330 g/mol. The molecule has 0 radical (unpaired) electrons. The van der Waals surface area contributed by atoms with Crippen molar-refractivity contribution >= 4 is 17.3 Å². The van der Waals surface area contributed by atoms with E-state index in [4.69, 9.17) is 4.74 Å². The molecule has 0 saturated carbocycles. The highest BCUT2D eigenvalue weighted by Crippen LogP contribution is 2.35. The van der Waals surface area contributed by atoms with Crippen LogP contribution < -0.4 is 4.90 Å². The minimum absolute atomic E-state index is 0.200. The van der Waals surface area contributed by atoms with E-state index in [0.717, 1.165) is 58.3 Å². The Bertz CT molecular complexity index is 621. The Hall–Kier alpha value is -1.50. The van der Waals surface area contributed by atoms with Crippen LogP contribution in [-0.4, -0.2) is 54.3 Å². The smallest absolute Gasteiger partial charge is 0.225 e. The third kappa shape index (κ3) is 3.39. The van der Waals surface area contributed by atoms with Gasteiger partial charge in [0.15, 0.2) is 0 Å². The van der Waals surface area contributed by atoms with E-state index < -0.39 is 0 Å². The van der Waals surface area contributed by atoms with E-state index in [0.29, 0.717) is 0 Å². The fourth-order valence-electron chi connectivity index (χ4n) is 3.66. The molecule has 4 heterocycles. The molecule has 0 bridgehead atoms. The first kappa shape index (κ1) is 15.1. The highest BCUT2D eigenvalue weighted by atomic mass is 32.1. The van der Waals surface area contributed by atoms with Crippen molar-refractivity contribution < 1.29 is 4.74 Å². The summed E-state index contributed by atoms with van der Waals surface area (Å²) in [6.07, 6.45) is 4.78. The van der Waals surface area contributed by atoms with Gasteiger partial charge in [0.05, 0.1) is 13.2 Å². The summed E-state index contributed by atoms with van der Waals surface area (Å²) in [7, 11) is 0. The summed E-state index contributed by atoms with van der Waals surface area (Å²) in [4.78, 5) is 13.7. The van der Waals surface area contributed by atoms with E-state index in [9.17, 15) is 0 Å². The van der Waals surface area contributed by atoms with Crippen LogP contribution in [0.25, 0.3) is 0 Å². The number of nitrogens with zero attached hydrogens (tertiary/aromatic N) is 4. The highest BCUT2D eigenvalue weighted by molar-refractivity contribution is 7.07. The molecule has 5 nitrogen and oxygen atoms in total. The molecule has 2 fully saturated rings. The first-order chi connectivity index (χ1) is 11.3. The Morgan fingerprint density at radius 1 is 1.22 bits per heavy atom. The lowest BCUT2D eigenvalue weighted by Gasteiger charge is -2.31. The third-order valence-corrected chi connectivity index (χ3v) is 5.51. The van der Waals surface area contributed by atoms with Gasteiger partial charge in [-0.1, -0.05) is 0 Å². The number of rotatable bonds is 3. The summed E-state index contributed by atoms with van der Waals surface area (Å²) in [6, 6.07) is 4.09. The van der Waals surface area contributed by atoms with Crippen LogP contribution >= 0.6 is 11.3 Å². The fourth-order valence-corrected chi connectivity index (χ4v) is 4.32. The number of hydrogen-bond acceptors (Lipinski definition) is 6. The molecule has 0 unspecified atom stereocenters. The molecule has 122 valence electrons. The van der Waals surface area contributed by atoms with Crippen LogP contribution in [0.4, 0.5) is 5.95 Å². The van der Waals surface area contributed by atoms with E-state index in [1.807, 2.05) is 18.5 Å². The molecule has 23 heavy (non-hydrogen) atoms. The predicted molar refractivity (Wildman–Crippen MR) is 91.7 cm³/mol. The van der Waals surface area contributed by atoms with Gasteiger partial charge in [0.25, 0.3) is 0 Å². The molecule has 2 aromatic heterocycles. The van der Waals surface area contributed by atoms with E-state index >= 15 is 0 Å². The quantitative estimate of drug-likeness (QED) is 0.863. The van der Waals surface area contributed by atoms with Crippen molar-refractivity contribution in [3.63, 3.8) is 0 Å². The van der Waals surface area contributed by atoms with E-state index in [2.05, 4.69) is 36.6 Å². The average Bonchev–Trinajstić information content (AvgIpc) is 3.18. The second kappa shape index (κ2) is 6.55. The van der Waals surface area contributed by atoms with Gasteiger partial charge in [-0.2, -0.15) is 11.3 Å². The lowest BCUT2D eigenvalue weighted by atomic mass is 9.87. The van der Waals surface area contributed by atoms with Crippen LogP contribution in [0.2, 0.25) is 0 Å². The zero-order chi connectivity index (χ0) is 15.5. The van der Waals surface area contributed by atoms with Gasteiger partial charge in [-0.15, -0.1) is 0 Å². The lowest BCUT2D eigenvalue weighted by molar-refractivity contribution is 0.0798. The topological polar surface area (TPSA) is 41.5 Å². The minimum Gasteiger partial charge on any atom is -0.379 e. The molecule has 0 N–H and O–H groups in total. The lowest BCUT2D eigenvalue weighted by Crippen LogP contribution is -2.40. The van der Waals surface area contributed by atoms with Crippen molar-refractivity contribution in [1.29, 1.82) is 0 Å². The van der Waals surface area contributed by atoms with Crippen LogP contribution in [-0.2, 0) is 11.3 Å². The maximum absolute atomic E-state index is 5.96. The van der Waals surface area contributed by atoms with Gasteiger partial charge >= 0.3 is 0 Å². The number of aromatic nitrogens is 2. The van der Waals surface area contributed by atoms with Gasteiger partial charge in [-0.05, 0) is 34.9 Å². The normalized spacial score (nSPS) is 25.8.